The maximum absolute atomic E-state index is 9.51. The van der Waals surface area contributed by atoms with Crippen LogP contribution in [-0.2, 0) is 0 Å². The second-order valence-electron chi connectivity index (χ2n) is 4.62. The minimum Gasteiger partial charge on any atom is -0.508 e. The first-order valence-corrected chi connectivity index (χ1v) is 6.89. The van der Waals surface area contributed by atoms with Gasteiger partial charge in [-0.15, -0.1) is 0 Å². The first kappa shape index (κ1) is 14.7. The van der Waals surface area contributed by atoms with Crippen LogP contribution in [0.4, 0.5) is 0 Å². The summed E-state index contributed by atoms with van der Waals surface area (Å²) in [5, 5.41) is 18.6. The molecule has 18 heavy (non-hydrogen) atoms. The summed E-state index contributed by atoms with van der Waals surface area (Å²) in [6, 6.07) is 4.39. The highest BCUT2D eigenvalue weighted by Crippen LogP contribution is 2.29. The van der Waals surface area contributed by atoms with E-state index in [2.05, 4.69) is 6.92 Å². The van der Waals surface area contributed by atoms with Gasteiger partial charge < -0.3 is 14.9 Å². The zero-order valence-electron chi connectivity index (χ0n) is 11.2. The fourth-order valence-corrected chi connectivity index (χ4v) is 1.87. The molecular weight excluding hydrogens is 228 g/mol. The van der Waals surface area contributed by atoms with Crippen molar-refractivity contribution >= 4 is 0 Å². The van der Waals surface area contributed by atoms with E-state index in [4.69, 9.17) is 9.84 Å². The third kappa shape index (κ3) is 5.80. The lowest BCUT2D eigenvalue weighted by Gasteiger charge is -2.08. The Balaban J connectivity index is 2.07. The quantitative estimate of drug-likeness (QED) is 0.647. The number of hydrogen-bond donors (Lipinski definition) is 2. The normalized spacial score (nSPS) is 10.5. The summed E-state index contributed by atoms with van der Waals surface area (Å²) >= 11 is 0. The molecule has 0 aliphatic heterocycles. The van der Waals surface area contributed by atoms with Gasteiger partial charge in [0.2, 0.25) is 0 Å². The molecule has 0 saturated heterocycles. The highest BCUT2D eigenvalue weighted by atomic mass is 16.5. The van der Waals surface area contributed by atoms with Crippen LogP contribution in [0.25, 0.3) is 0 Å². The second kappa shape index (κ2) is 8.67. The van der Waals surface area contributed by atoms with Crippen molar-refractivity contribution in [3.05, 3.63) is 18.2 Å². The molecule has 0 amide bonds. The van der Waals surface area contributed by atoms with Crippen molar-refractivity contribution < 1.29 is 14.9 Å². The zero-order chi connectivity index (χ0) is 13.2. The molecule has 0 saturated carbocycles. The fourth-order valence-electron chi connectivity index (χ4n) is 1.87. The molecular formula is C15H24O3. The Morgan fingerprint density at radius 3 is 2.28 bits per heavy atom. The Hall–Kier alpha value is -1.38. The van der Waals surface area contributed by atoms with Crippen LogP contribution in [-0.4, -0.2) is 16.8 Å². The Morgan fingerprint density at radius 1 is 0.944 bits per heavy atom. The number of aromatic hydroxyl groups is 2. The summed E-state index contributed by atoms with van der Waals surface area (Å²) < 4.78 is 5.46. The minimum atomic E-state index is -0.00190. The molecule has 0 atom stereocenters. The minimum absolute atomic E-state index is 0.00190. The molecule has 3 heteroatoms. The molecule has 0 spiro atoms. The summed E-state index contributed by atoms with van der Waals surface area (Å²) in [7, 11) is 0. The van der Waals surface area contributed by atoms with Crippen LogP contribution in [0.2, 0.25) is 0 Å². The van der Waals surface area contributed by atoms with Crippen molar-refractivity contribution in [2.24, 2.45) is 0 Å². The van der Waals surface area contributed by atoms with E-state index in [1.807, 2.05) is 0 Å². The van der Waals surface area contributed by atoms with E-state index in [0.717, 1.165) is 6.42 Å². The summed E-state index contributed by atoms with van der Waals surface area (Å²) in [6.07, 6.45) is 8.68. The molecule has 0 aliphatic rings. The van der Waals surface area contributed by atoms with Gasteiger partial charge in [-0.25, -0.2) is 0 Å². The molecule has 2 N–H and O–H groups in total. The highest BCUT2D eigenvalue weighted by molar-refractivity contribution is 5.43. The molecule has 0 radical (unpaired) electrons. The molecule has 1 aromatic rings. The van der Waals surface area contributed by atoms with Gasteiger partial charge >= 0.3 is 0 Å². The highest BCUT2D eigenvalue weighted by Gasteiger charge is 2.02. The van der Waals surface area contributed by atoms with Crippen molar-refractivity contribution in [3.8, 4) is 17.2 Å². The Kier molecular flexibility index (Phi) is 7.07. The summed E-state index contributed by atoms with van der Waals surface area (Å²) in [5.41, 5.74) is 0. The standard InChI is InChI=1S/C15H24O3/c1-2-3-4-5-6-7-8-11-18-15-10-9-13(16)12-14(15)17/h9-10,12,16-17H,2-8,11H2,1H3. The molecule has 102 valence electrons. The predicted octanol–water partition coefficient (Wildman–Crippen LogP) is 4.23. The number of rotatable bonds is 9. The van der Waals surface area contributed by atoms with E-state index in [1.54, 1.807) is 6.07 Å². The molecule has 3 nitrogen and oxygen atoms in total. The molecule has 0 aliphatic carbocycles. The first-order chi connectivity index (χ1) is 8.74. The van der Waals surface area contributed by atoms with Crippen LogP contribution >= 0.6 is 0 Å². The van der Waals surface area contributed by atoms with Crippen LogP contribution in [0.3, 0.4) is 0 Å². The number of phenolic OH excluding ortho intramolecular Hbond substituents is 2. The third-order valence-corrected chi connectivity index (χ3v) is 2.95. The van der Waals surface area contributed by atoms with Crippen LogP contribution in [0.15, 0.2) is 18.2 Å². The third-order valence-electron chi connectivity index (χ3n) is 2.95. The van der Waals surface area contributed by atoms with Gasteiger partial charge in [-0.05, 0) is 18.6 Å². The van der Waals surface area contributed by atoms with Gasteiger partial charge in [0.15, 0.2) is 11.5 Å². The maximum atomic E-state index is 9.51. The van der Waals surface area contributed by atoms with Crippen LogP contribution < -0.4 is 4.74 Å². The first-order valence-electron chi connectivity index (χ1n) is 6.89. The largest absolute Gasteiger partial charge is 0.508 e. The van der Waals surface area contributed by atoms with Gasteiger partial charge in [0, 0.05) is 6.07 Å². The van der Waals surface area contributed by atoms with Crippen molar-refractivity contribution in [2.75, 3.05) is 6.61 Å². The van der Waals surface area contributed by atoms with Gasteiger partial charge in [0.25, 0.3) is 0 Å². The van der Waals surface area contributed by atoms with Crippen LogP contribution in [0.5, 0.6) is 17.2 Å². The van der Waals surface area contributed by atoms with Gasteiger partial charge in [-0.2, -0.15) is 0 Å². The summed E-state index contributed by atoms with van der Waals surface area (Å²) in [5.74, 6) is 0.493. The number of benzene rings is 1. The van der Waals surface area contributed by atoms with Crippen molar-refractivity contribution in [3.63, 3.8) is 0 Å². The average Bonchev–Trinajstić information content (AvgIpc) is 2.35. The van der Waals surface area contributed by atoms with Crippen molar-refractivity contribution in [1.29, 1.82) is 0 Å². The fraction of sp³-hybridized carbons (Fsp3) is 0.600. The molecule has 1 aromatic carbocycles. The molecule has 1 rings (SSSR count). The SMILES string of the molecule is CCCCCCCCCOc1ccc(O)cc1O. The van der Waals surface area contributed by atoms with E-state index >= 15 is 0 Å². The molecule has 0 unspecified atom stereocenters. The van der Waals surface area contributed by atoms with E-state index < -0.39 is 0 Å². The number of hydrogen-bond acceptors (Lipinski definition) is 3. The summed E-state index contributed by atoms with van der Waals surface area (Å²) in [4.78, 5) is 0. The van der Waals surface area contributed by atoms with Gasteiger partial charge in [-0.1, -0.05) is 45.4 Å². The zero-order valence-corrected chi connectivity index (χ0v) is 11.2. The molecule has 0 fully saturated rings. The van der Waals surface area contributed by atoms with E-state index in [0.29, 0.717) is 12.4 Å². The number of ether oxygens (including phenoxy) is 1. The monoisotopic (exact) mass is 252 g/mol. The van der Waals surface area contributed by atoms with E-state index in [1.165, 1.54) is 50.7 Å². The lowest BCUT2D eigenvalue weighted by molar-refractivity contribution is 0.288. The topological polar surface area (TPSA) is 49.7 Å². The Bertz CT molecular complexity index is 337. The number of unbranched alkanes of at least 4 members (excludes halogenated alkanes) is 6. The Labute approximate surface area is 109 Å². The van der Waals surface area contributed by atoms with Gasteiger partial charge in [-0.3, -0.25) is 0 Å². The maximum Gasteiger partial charge on any atom is 0.161 e. The lowest BCUT2D eigenvalue weighted by Crippen LogP contribution is -1.97. The molecule has 0 aromatic heterocycles. The molecule has 0 heterocycles. The van der Waals surface area contributed by atoms with Gasteiger partial charge in [0.05, 0.1) is 6.61 Å². The predicted molar refractivity (Wildman–Crippen MR) is 73.3 cm³/mol. The van der Waals surface area contributed by atoms with Crippen molar-refractivity contribution in [2.45, 2.75) is 51.9 Å². The lowest BCUT2D eigenvalue weighted by atomic mass is 10.1. The van der Waals surface area contributed by atoms with Gasteiger partial charge in [0.1, 0.15) is 5.75 Å². The van der Waals surface area contributed by atoms with E-state index in [9.17, 15) is 5.11 Å². The van der Waals surface area contributed by atoms with E-state index in [-0.39, 0.29) is 11.5 Å². The smallest absolute Gasteiger partial charge is 0.161 e. The van der Waals surface area contributed by atoms with Crippen molar-refractivity contribution in [1.82, 2.24) is 0 Å². The summed E-state index contributed by atoms with van der Waals surface area (Å²) in [6.45, 7) is 2.84. The second-order valence-corrected chi connectivity index (χ2v) is 4.62. The molecule has 0 bridgehead atoms. The Morgan fingerprint density at radius 2 is 1.61 bits per heavy atom. The average molecular weight is 252 g/mol. The number of phenols is 2. The van der Waals surface area contributed by atoms with Crippen LogP contribution in [0.1, 0.15) is 51.9 Å². The van der Waals surface area contributed by atoms with Crippen LogP contribution in [0, 0.1) is 0 Å².